The lowest BCUT2D eigenvalue weighted by Gasteiger charge is -2.20. The van der Waals surface area contributed by atoms with Crippen molar-refractivity contribution >= 4 is 11.8 Å². The highest BCUT2D eigenvalue weighted by atomic mass is 19.1. The van der Waals surface area contributed by atoms with Crippen LogP contribution in [0.3, 0.4) is 0 Å². The van der Waals surface area contributed by atoms with Crippen LogP contribution in [0.1, 0.15) is 18.9 Å². The van der Waals surface area contributed by atoms with Crippen molar-refractivity contribution in [1.29, 1.82) is 0 Å². The van der Waals surface area contributed by atoms with Gasteiger partial charge in [-0.15, -0.1) is 0 Å². The average Bonchev–Trinajstić information content (AvgIpc) is 2.69. The summed E-state index contributed by atoms with van der Waals surface area (Å²) in [4.78, 5) is 23.1. The SMILES string of the molecule is CC1(C(=O)NCc2ccccc2F)CNC(=O)C1. The van der Waals surface area contributed by atoms with Crippen molar-refractivity contribution in [3.63, 3.8) is 0 Å². The summed E-state index contributed by atoms with van der Waals surface area (Å²) in [5.41, 5.74) is -0.297. The Kier molecular flexibility index (Phi) is 3.32. The Morgan fingerprint density at radius 2 is 2.22 bits per heavy atom. The molecule has 1 atom stereocenters. The molecule has 1 aliphatic heterocycles. The minimum atomic E-state index is -0.734. The van der Waals surface area contributed by atoms with Gasteiger partial charge in [0.1, 0.15) is 5.82 Å². The summed E-state index contributed by atoms with van der Waals surface area (Å²) in [6.07, 6.45) is 0.177. The zero-order valence-corrected chi connectivity index (χ0v) is 10.1. The fourth-order valence-corrected chi connectivity index (χ4v) is 1.96. The van der Waals surface area contributed by atoms with Crippen LogP contribution in [-0.2, 0) is 16.1 Å². The van der Waals surface area contributed by atoms with Gasteiger partial charge in [-0.1, -0.05) is 18.2 Å². The van der Waals surface area contributed by atoms with E-state index in [1.165, 1.54) is 6.07 Å². The van der Waals surface area contributed by atoms with E-state index in [1.54, 1.807) is 25.1 Å². The molecule has 1 heterocycles. The normalized spacial score (nSPS) is 22.7. The van der Waals surface area contributed by atoms with Gasteiger partial charge in [0.15, 0.2) is 0 Å². The second kappa shape index (κ2) is 4.76. The number of carbonyl (C=O) groups is 2. The van der Waals surface area contributed by atoms with Gasteiger partial charge in [0.25, 0.3) is 0 Å². The van der Waals surface area contributed by atoms with Crippen LogP contribution in [0.25, 0.3) is 0 Å². The Bertz CT molecular complexity index is 490. The molecule has 18 heavy (non-hydrogen) atoms. The van der Waals surface area contributed by atoms with Crippen LogP contribution >= 0.6 is 0 Å². The van der Waals surface area contributed by atoms with Gasteiger partial charge in [0.05, 0.1) is 5.41 Å². The summed E-state index contributed by atoms with van der Waals surface area (Å²) < 4.78 is 13.4. The van der Waals surface area contributed by atoms with E-state index in [0.717, 1.165) is 0 Å². The summed E-state index contributed by atoms with van der Waals surface area (Å²) in [5, 5.41) is 5.30. The average molecular weight is 250 g/mol. The second-order valence-corrected chi connectivity index (χ2v) is 4.79. The molecule has 5 heteroatoms. The summed E-state index contributed by atoms with van der Waals surface area (Å²) in [6.45, 7) is 2.19. The minimum Gasteiger partial charge on any atom is -0.355 e. The maximum absolute atomic E-state index is 13.4. The van der Waals surface area contributed by atoms with E-state index in [-0.39, 0.29) is 30.6 Å². The Morgan fingerprint density at radius 3 is 2.83 bits per heavy atom. The summed E-state index contributed by atoms with van der Waals surface area (Å²) in [6, 6.07) is 6.29. The number of rotatable bonds is 3. The van der Waals surface area contributed by atoms with Gasteiger partial charge >= 0.3 is 0 Å². The van der Waals surface area contributed by atoms with Crippen molar-refractivity contribution in [3.8, 4) is 0 Å². The molecule has 0 aromatic heterocycles. The maximum atomic E-state index is 13.4. The first-order valence-electron chi connectivity index (χ1n) is 5.80. The Balaban J connectivity index is 1.97. The van der Waals surface area contributed by atoms with Crippen LogP contribution in [0.5, 0.6) is 0 Å². The molecule has 0 saturated carbocycles. The highest BCUT2D eigenvalue weighted by molar-refractivity contribution is 5.92. The predicted molar refractivity (Wildman–Crippen MR) is 64.0 cm³/mol. The fraction of sp³-hybridized carbons (Fsp3) is 0.385. The third kappa shape index (κ3) is 2.50. The third-order valence-corrected chi connectivity index (χ3v) is 3.17. The molecule has 2 amide bonds. The molecule has 1 fully saturated rings. The molecule has 4 nitrogen and oxygen atoms in total. The monoisotopic (exact) mass is 250 g/mol. The van der Waals surface area contributed by atoms with Crippen LogP contribution in [0, 0.1) is 11.2 Å². The minimum absolute atomic E-state index is 0.126. The van der Waals surface area contributed by atoms with E-state index in [9.17, 15) is 14.0 Å². The number of hydrogen-bond acceptors (Lipinski definition) is 2. The standard InChI is InChI=1S/C13H15FN2O2/c1-13(6-11(17)16-8-13)12(18)15-7-9-4-2-3-5-10(9)14/h2-5H,6-8H2,1H3,(H,15,18)(H,16,17). The number of nitrogens with one attached hydrogen (secondary N) is 2. The van der Waals surface area contributed by atoms with Crippen LogP contribution < -0.4 is 10.6 Å². The molecule has 0 spiro atoms. The van der Waals surface area contributed by atoms with Gasteiger partial charge in [-0.3, -0.25) is 9.59 Å². The molecule has 1 aliphatic rings. The maximum Gasteiger partial charge on any atom is 0.228 e. The molecule has 1 aromatic rings. The number of benzene rings is 1. The van der Waals surface area contributed by atoms with E-state index in [4.69, 9.17) is 0 Å². The van der Waals surface area contributed by atoms with E-state index in [1.807, 2.05) is 0 Å². The molecular formula is C13H15FN2O2. The smallest absolute Gasteiger partial charge is 0.228 e. The zero-order valence-electron chi connectivity index (χ0n) is 10.1. The molecule has 0 bridgehead atoms. The van der Waals surface area contributed by atoms with Gasteiger partial charge in [-0.2, -0.15) is 0 Å². The molecule has 2 N–H and O–H groups in total. The summed E-state index contributed by atoms with van der Waals surface area (Å²) in [5.74, 6) is -0.703. The largest absolute Gasteiger partial charge is 0.355 e. The van der Waals surface area contributed by atoms with Crippen molar-refractivity contribution in [2.45, 2.75) is 19.9 Å². The molecule has 0 radical (unpaired) electrons. The fourth-order valence-electron chi connectivity index (χ4n) is 1.96. The van der Waals surface area contributed by atoms with Gasteiger partial charge in [-0.25, -0.2) is 4.39 Å². The molecule has 2 rings (SSSR count). The van der Waals surface area contributed by atoms with E-state index in [0.29, 0.717) is 12.1 Å². The first-order chi connectivity index (χ1) is 8.51. The number of carbonyl (C=O) groups excluding carboxylic acids is 2. The Labute approximate surface area is 105 Å². The van der Waals surface area contributed by atoms with Crippen LogP contribution in [-0.4, -0.2) is 18.4 Å². The van der Waals surface area contributed by atoms with Crippen LogP contribution in [0.4, 0.5) is 4.39 Å². The quantitative estimate of drug-likeness (QED) is 0.839. The second-order valence-electron chi connectivity index (χ2n) is 4.79. The van der Waals surface area contributed by atoms with E-state index in [2.05, 4.69) is 10.6 Å². The molecule has 96 valence electrons. The molecule has 1 saturated heterocycles. The van der Waals surface area contributed by atoms with Crippen LogP contribution in [0.2, 0.25) is 0 Å². The highest BCUT2D eigenvalue weighted by Crippen LogP contribution is 2.25. The van der Waals surface area contributed by atoms with Crippen molar-refractivity contribution in [2.75, 3.05) is 6.54 Å². The van der Waals surface area contributed by atoms with Crippen molar-refractivity contribution in [1.82, 2.24) is 10.6 Å². The number of hydrogen-bond donors (Lipinski definition) is 2. The first-order valence-corrected chi connectivity index (χ1v) is 5.80. The first kappa shape index (κ1) is 12.5. The third-order valence-electron chi connectivity index (χ3n) is 3.17. The summed E-state index contributed by atoms with van der Waals surface area (Å²) >= 11 is 0. The molecule has 1 unspecified atom stereocenters. The van der Waals surface area contributed by atoms with E-state index < -0.39 is 5.41 Å². The highest BCUT2D eigenvalue weighted by Gasteiger charge is 2.40. The van der Waals surface area contributed by atoms with Gasteiger partial charge < -0.3 is 10.6 Å². The topological polar surface area (TPSA) is 58.2 Å². The van der Waals surface area contributed by atoms with Crippen molar-refractivity contribution in [2.24, 2.45) is 5.41 Å². The van der Waals surface area contributed by atoms with Gasteiger partial charge in [0, 0.05) is 25.1 Å². The van der Waals surface area contributed by atoms with Crippen molar-refractivity contribution in [3.05, 3.63) is 35.6 Å². The molecule has 0 aliphatic carbocycles. The van der Waals surface area contributed by atoms with Gasteiger partial charge in [-0.05, 0) is 13.0 Å². The predicted octanol–water partition coefficient (Wildman–Crippen LogP) is 0.968. The Morgan fingerprint density at radius 1 is 1.50 bits per heavy atom. The number of amides is 2. The van der Waals surface area contributed by atoms with Gasteiger partial charge in [0.2, 0.25) is 11.8 Å². The van der Waals surface area contributed by atoms with Crippen LogP contribution in [0.15, 0.2) is 24.3 Å². The summed E-state index contributed by atoms with van der Waals surface area (Å²) in [7, 11) is 0. The lowest BCUT2D eigenvalue weighted by atomic mass is 9.88. The zero-order chi connectivity index (χ0) is 13.2. The lowest BCUT2D eigenvalue weighted by molar-refractivity contribution is -0.131. The number of halogens is 1. The van der Waals surface area contributed by atoms with Crippen molar-refractivity contribution < 1.29 is 14.0 Å². The lowest BCUT2D eigenvalue weighted by Crippen LogP contribution is -2.40. The Hall–Kier alpha value is -1.91. The molecule has 1 aromatic carbocycles. The molecular weight excluding hydrogens is 235 g/mol. The van der Waals surface area contributed by atoms with E-state index >= 15 is 0 Å².